The van der Waals surface area contributed by atoms with Gasteiger partial charge in [-0.05, 0) is 87.2 Å². The van der Waals surface area contributed by atoms with Gasteiger partial charge < -0.3 is 20.4 Å². The summed E-state index contributed by atoms with van der Waals surface area (Å²) in [6.45, 7) is 3.31. The van der Waals surface area contributed by atoms with E-state index in [4.69, 9.17) is 4.98 Å². The van der Waals surface area contributed by atoms with Gasteiger partial charge in [-0.3, -0.25) is 9.59 Å². The average molecular weight is 528 g/mol. The first kappa shape index (κ1) is 25.6. The molecule has 9 heteroatoms. The maximum absolute atomic E-state index is 13.0. The van der Waals surface area contributed by atoms with Gasteiger partial charge in [0.25, 0.3) is 5.91 Å². The van der Waals surface area contributed by atoms with Gasteiger partial charge in [-0.1, -0.05) is 18.9 Å². The smallest absolute Gasteiger partial charge is 0.253 e. The van der Waals surface area contributed by atoms with Crippen molar-refractivity contribution in [1.82, 2.24) is 29.7 Å². The number of anilines is 2. The zero-order valence-electron chi connectivity index (χ0n) is 22.6. The van der Waals surface area contributed by atoms with Gasteiger partial charge in [0.1, 0.15) is 0 Å². The Hall–Kier alpha value is -3.72. The van der Waals surface area contributed by atoms with Crippen LogP contribution in [-0.2, 0) is 4.79 Å². The number of carbonyl (C=O) groups is 2. The standard InChI is InChI=1S/C30H37N7O2/c1-35(25-12-16-31-17-13-25)28(38)23-8-10-24(11-9-23)32-30-33-27-26(7-4-18-37(27)34-30)21-14-19-36(20-15-21)29(39)22-5-2-3-6-22/h4,7-11,14,18,22,25,31H,2-3,5-6,12-13,15-17,19-20H2,1H3,(H,32,34). The van der Waals surface area contributed by atoms with Crippen molar-refractivity contribution >= 4 is 34.7 Å². The van der Waals surface area contributed by atoms with E-state index in [1.54, 1.807) is 4.52 Å². The monoisotopic (exact) mass is 527 g/mol. The number of hydrogen-bond donors (Lipinski definition) is 2. The minimum Gasteiger partial charge on any atom is -0.339 e. The van der Waals surface area contributed by atoms with Crippen molar-refractivity contribution in [3.05, 3.63) is 59.8 Å². The summed E-state index contributed by atoms with van der Waals surface area (Å²) in [6, 6.07) is 11.8. The highest BCUT2D eigenvalue weighted by molar-refractivity contribution is 5.94. The van der Waals surface area contributed by atoms with Crippen LogP contribution >= 0.6 is 0 Å². The summed E-state index contributed by atoms with van der Waals surface area (Å²) < 4.78 is 1.79. The Kier molecular flexibility index (Phi) is 7.32. The summed E-state index contributed by atoms with van der Waals surface area (Å²) >= 11 is 0. The number of benzene rings is 1. The lowest BCUT2D eigenvalue weighted by Gasteiger charge is -2.31. The predicted molar refractivity (Wildman–Crippen MR) is 152 cm³/mol. The summed E-state index contributed by atoms with van der Waals surface area (Å²) in [6.07, 6.45) is 11.3. The molecule has 0 radical (unpaired) electrons. The van der Waals surface area contributed by atoms with Crippen LogP contribution < -0.4 is 10.6 Å². The maximum atomic E-state index is 13.0. The minimum atomic E-state index is 0.0493. The van der Waals surface area contributed by atoms with E-state index in [1.807, 2.05) is 53.4 Å². The molecule has 1 aliphatic carbocycles. The van der Waals surface area contributed by atoms with Crippen LogP contribution in [-0.4, -0.2) is 75.5 Å². The lowest BCUT2D eigenvalue weighted by Crippen LogP contribution is -2.43. The highest BCUT2D eigenvalue weighted by Gasteiger charge is 2.28. The second-order valence-corrected chi connectivity index (χ2v) is 11.0. The molecule has 1 aromatic carbocycles. The molecule has 0 unspecified atom stereocenters. The Morgan fingerprint density at radius 2 is 1.82 bits per heavy atom. The van der Waals surface area contributed by atoms with Gasteiger partial charge in [-0.25, -0.2) is 4.52 Å². The van der Waals surface area contributed by atoms with Crippen LogP contribution in [0.3, 0.4) is 0 Å². The summed E-state index contributed by atoms with van der Waals surface area (Å²) in [5, 5.41) is 11.3. The van der Waals surface area contributed by atoms with Gasteiger partial charge in [-0.2, -0.15) is 4.98 Å². The molecule has 2 amide bonds. The van der Waals surface area contributed by atoms with Gasteiger partial charge in [0.15, 0.2) is 5.65 Å². The molecule has 3 aliphatic rings. The Bertz CT molecular complexity index is 1370. The third-order valence-corrected chi connectivity index (χ3v) is 8.50. The van der Waals surface area contributed by atoms with Crippen molar-refractivity contribution in [2.75, 3.05) is 38.5 Å². The van der Waals surface area contributed by atoms with Crippen LogP contribution in [0.4, 0.5) is 11.6 Å². The molecule has 0 atom stereocenters. The number of carbonyl (C=O) groups excluding carboxylic acids is 2. The maximum Gasteiger partial charge on any atom is 0.253 e. The Morgan fingerprint density at radius 1 is 1.05 bits per heavy atom. The van der Waals surface area contributed by atoms with Gasteiger partial charge in [0.05, 0.1) is 0 Å². The largest absolute Gasteiger partial charge is 0.339 e. The predicted octanol–water partition coefficient (Wildman–Crippen LogP) is 4.10. The zero-order valence-corrected chi connectivity index (χ0v) is 22.6. The number of amides is 2. The number of nitrogens with one attached hydrogen (secondary N) is 2. The topological polar surface area (TPSA) is 94.9 Å². The minimum absolute atomic E-state index is 0.0493. The molecular formula is C30H37N7O2. The molecular weight excluding hydrogens is 490 g/mol. The molecule has 6 rings (SSSR count). The molecule has 9 nitrogen and oxygen atoms in total. The lowest BCUT2D eigenvalue weighted by molar-refractivity contribution is -0.134. The van der Waals surface area contributed by atoms with Crippen LogP contribution in [0.5, 0.6) is 0 Å². The number of piperidine rings is 1. The molecule has 1 saturated heterocycles. The third kappa shape index (κ3) is 5.41. The fourth-order valence-electron chi connectivity index (χ4n) is 6.14. The Labute approximate surface area is 229 Å². The van der Waals surface area contributed by atoms with Crippen LogP contribution in [0.25, 0.3) is 11.2 Å². The van der Waals surface area contributed by atoms with Crippen molar-refractivity contribution < 1.29 is 9.59 Å². The van der Waals surface area contributed by atoms with E-state index in [1.165, 1.54) is 18.4 Å². The van der Waals surface area contributed by atoms with Crippen LogP contribution in [0.1, 0.15) is 60.9 Å². The number of aromatic nitrogens is 3. The van der Waals surface area contributed by atoms with E-state index in [0.717, 1.165) is 68.6 Å². The first-order chi connectivity index (χ1) is 19.1. The number of nitrogens with zero attached hydrogens (tertiary/aromatic N) is 5. The quantitative estimate of drug-likeness (QED) is 0.501. The molecule has 39 heavy (non-hydrogen) atoms. The average Bonchev–Trinajstić information content (AvgIpc) is 3.67. The summed E-state index contributed by atoms with van der Waals surface area (Å²) in [5.41, 5.74) is 4.55. The molecule has 4 heterocycles. The van der Waals surface area contributed by atoms with Gasteiger partial charge in [0.2, 0.25) is 11.9 Å². The number of pyridine rings is 1. The normalized spacial score (nSPS) is 18.8. The fourth-order valence-corrected chi connectivity index (χ4v) is 6.14. The van der Waals surface area contributed by atoms with Gasteiger partial charge in [0, 0.05) is 55.1 Å². The van der Waals surface area contributed by atoms with Crippen LogP contribution in [0.15, 0.2) is 48.7 Å². The summed E-state index contributed by atoms with van der Waals surface area (Å²) in [4.78, 5) is 34.5. The van der Waals surface area contributed by atoms with E-state index in [2.05, 4.69) is 27.9 Å². The van der Waals surface area contributed by atoms with Crippen LogP contribution in [0.2, 0.25) is 0 Å². The molecule has 0 bridgehead atoms. The molecule has 2 N–H and O–H groups in total. The number of rotatable bonds is 6. The van der Waals surface area contributed by atoms with Crippen molar-refractivity contribution in [3.63, 3.8) is 0 Å². The number of fused-ring (bicyclic) bond motifs is 1. The van der Waals surface area contributed by atoms with E-state index in [0.29, 0.717) is 24.0 Å². The molecule has 2 aliphatic heterocycles. The second kappa shape index (κ2) is 11.2. The van der Waals surface area contributed by atoms with Gasteiger partial charge in [-0.15, -0.1) is 5.10 Å². The van der Waals surface area contributed by atoms with E-state index in [9.17, 15) is 9.59 Å². The molecule has 1 saturated carbocycles. The third-order valence-electron chi connectivity index (χ3n) is 8.50. The highest BCUT2D eigenvalue weighted by Crippen LogP contribution is 2.30. The van der Waals surface area contributed by atoms with E-state index < -0.39 is 0 Å². The first-order valence-electron chi connectivity index (χ1n) is 14.3. The Morgan fingerprint density at radius 3 is 2.54 bits per heavy atom. The van der Waals surface area contributed by atoms with Crippen LogP contribution in [0, 0.1) is 5.92 Å². The van der Waals surface area contributed by atoms with E-state index in [-0.39, 0.29) is 17.9 Å². The molecule has 2 fully saturated rings. The molecule has 3 aromatic rings. The van der Waals surface area contributed by atoms with Crippen molar-refractivity contribution in [1.29, 1.82) is 0 Å². The summed E-state index contributed by atoms with van der Waals surface area (Å²) in [5.74, 6) is 1.09. The number of hydrogen-bond acceptors (Lipinski definition) is 6. The van der Waals surface area contributed by atoms with Crippen molar-refractivity contribution in [2.24, 2.45) is 5.92 Å². The van der Waals surface area contributed by atoms with Crippen molar-refractivity contribution in [3.8, 4) is 0 Å². The highest BCUT2D eigenvalue weighted by atomic mass is 16.2. The Balaban J connectivity index is 1.13. The molecule has 204 valence electrons. The lowest BCUT2D eigenvalue weighted by atomic mass is 9.99. The molecule has 2 aromatic heterocycles. The van der Waals surface area contributed by atoms with E-state index >= 15 is 0 Å². The van der Waals surface area contributed by atoms with Crippen molar-refractivity contribution in [2.45, 2.75) is 51.0 Å². The molecule has 0 spiro atoms. The fraction of sp³-hybridized carbons (Fsp3) is 0.467. The summed E-state index contributed by atoms with van der Waals surface area (Å²) in [7, 11) is 1.90. The SMILES string of the molecule is CN(C(=O)c1ccc(Nc2nc3c(C4=CCN(C(=O)C5CCCC5)CC4)cccn3n2)cc1)C1CCNCC1. The first-order valence-corrected chi connectivity index (χ1v) is 14.3. The second-order valence-electron chi connectivity index (χ2n) is 11.0. The van der Waals surface area contributed by atoms with Gasteiger partial charge >= 0.3 is 0 Å². The zero-order chi connectivity index (χ0) is 26.8.